The number of aliphatic hydroxyl groups is 1. The molecule has 0 bridgehead atoms. The first-order valence-electron chi connectivity index (χ1n) is 17.5. The monoisotopic (exact) mass is 974 g/mol. The zero-order chi connectivity index (χ0) is 43.2. The van der Waals surface area contributed by atoms with Crippen LogP contribution < -0.4 is 55.2 Å². The van der Waals surface area contributed by atoms with Crippen molar-refractivity contribution in [3.8, 4) is 17.5 Å². The largest absolute Gasteiger partial charge is 1.00 e. The molecule has 0 radical (unpaired) electrons. The van der Waals surface area contributed by atoms with E-state index in [4.69, 9.17) is 42.4 Å². The number of nitrogens with two attached hydrogens (primary N) is 2. The molecule has 0 fully saturated rings. The minimum absolute atomic E-state index is 0. The van der Waals surface area contributed by atoms with E-state index in [-0.39, 0.29) is 81.9 Å². The van der Waals surface area contributed by atoms with Crippen molar-refractivity contribution >= 4 is 95.3 Å². The van der Waals surface area contributed by atoms with Crippen molar-refractivity contribution in [2.45, 2.75) is 33.4 Å². The fraction of sp³-hybridized carbons (Fsp3) is 0.243. The van der Waals surface area contributed by atoms with E-state index in [1.807, 2.05) is 28.8 Å². The summed E-state index contributed by atoms with van der Waals surface area (Å²) in [7, 11) is 11.2. The van der Waals surface area contributed by atoms with E-state index in [1.54, 1.807) is 53.9 Å². The van der Waals surface area contributed by atoms with Gasteiger partial charge in [0, 0.05) is 19.0 Å². The molecule has 6 aromatic rings. The molecule has 324 valence electrons. The average Bonchev–Trinajstić information content (AvgIpc) is 3.82. The second kappa shape index (κ2) is 31.1. The number of nitrogen functional groups attached to an aromatic ring is 2. The van der Waals surface area contributed by atoms with E-state index in [0.29, 0.717) is 79.6 Å². The van der Waals surface area contributed by atoms with Crippen LogP contribution in [0.25, 0.3) is 22.3 Å². The fourth-order valence-corrected chi connectivity index (χ4v) is 4.64. The average molecular weight is 975 g/mol. The van der Waals surface area contributed by atoms with E-state index >= 15 is 0 Å². The maximum absolute atomic E-state index is 8.00. The molecule has 16 nitrogen and oxygen atoms in total. The Morgan fingerprint density at radius 1 is 0.705 bits per heavy atom. The molecule has 0 aliphatic carbocycles. The van der Waals surface area contributed by atoms with Gasteiger partial charge in [-0.2, -0.15) is 19.9 Å². The third kappa shape index (κ3) is 18.8. The first-order chi connectivity index (χ1) is 28.5. The minimum atomic E-state index is 0. The van der Waals surface area contributed by atoms with Crippen LogP contribution in [0.4, 0.5) is 11.6 Å². The molecule has 4 unspecified atom stereocenters. The SMILES string of the molecule is C.C=CCCO.C=CCCOc1nc(N)c2ncn(Cc3ncccc3OCC=C)c2n1.C=CCOc1cccnc1Cn1cnc2c(N)nc(Cl)nc21.PP(P)P(P)P.[H-].[Na+]. The van der Waals surface area contributed by atoms with E-state index in [2.05, 4.69) is 102 Å². The third-order valence-electron chi connectivity index (χ3n) is 7.14. The Bertz CT molecular complexity index is 2270. The van der Waals surface area contributed by atoms with Crippen LogP contribution in [0.15, 0.2) is 99.9 Å². The van der Waals surface area contributed by atoms with Crippen LogP contribution in [0, 0.1) is 0 Å². The number of rotatable bonds is 17. The minimum Gasteiger partial charge on any atom is -1.00 e. The first-order valence-corrected chi connectivity index (χ1v) is 27.7. The van der Waals surface area contributed by atoms with Gasteiger partial charge in [-0.25, -0.2) is 9.97 Å². The van der Waals surface area contributed by atoms with Crippen molar-refractivity contribution in [2.24, 2.45) is 0 Å². The fourth-order valence-electron chi connectivity index (χ4n) is 4.47. The van der Waals surface area contributed by atoms with Gasteiger partial charge in [0.2, 0.25) is 5.28 Å². The predicted molar refractivity (Wildman–Crippen MR) is 265 cm³/mol. The first kappa shape index (κ1) is 56.2. The summed E-state index contributed by atoms with van der Waals surface area (Å²) >= 11 is 5.86. The molecule has 6 heterocycles. The summed E-state index contributed by atoms with van der Waals surface area (Å²) in [6, 6.07) is 7.55. The number of hydrogen-bond acceptors (Lipinski definition) is 14. The summed E-state index contributed by atoms with van der Waals surface area (Å²) < 4.78 is 20.4. The summed E-state index contributed by atoms with van der Waals surface area (Å²) in [5, 5.41) is 8.07. The van der Waals surface area contributed by atoms with E-state index < -0.39 is 0 Å². The number of anilines is 2. The van der Waals surface area contributed by atoms with Gasteiger partial charge in [0.15, 0.2) is 28.4 Å². The van der Waals surface area contributed by atoms with Gasteiger partial charge in [0.25, 0.3) is 0 Å². The summed E-state index contributed by atoms with van der Waals surface area (Å²) in [5.41, 5.74) is 15.4. The van der Waals surface area contributed by atoms with Gasteiger partial charge in [0.1, 0.15) is 41.6 Å². The van der Waals surface area contributed by atoms with E-state index in [0.717, 1.165) is 11.4 Å². The number of hydrogen-bond donors (Lipinski definition) is 3. The molecule has 0 aliphatic rings. The molecule has 6 aromatic heterocycles. The Kier molecular flexibility index (Phi) is 28.7. The van der Waals surface area contributed by atoms with Crippen molar-refractivity contribution < 1.29 is 50.3 Å². The smallest absolute Gasteiger partial charge is 1.00 e. The van der Waals surface area contributed by atoms with Crippen molar-refractivity contribution in [2.75, 3.05) is 37.9 Å². The molecule has 0 saturated carbocycles. The van der Waals surface area contributed by atoms with E-state index in [9.17, 15) is 0 Å². The topological polar surface area (TPSA) is 213 Å². The number of ether oxygens (including phenoxy) is 3. The number of halogens is 1. The van der Waals surface area contributed by atoms with Crippen LogP contribution in [0.2, 0.25) is 5.28 Å². The molecule has 61 heavy (non-hydrogen) atoms. The maximum Gasteiger partial charge on any atom is 1.00 e. The number of imidazole rings is 2. The summed E-state index contributed by atoms with van der Waals surface area (Å²) in [6.07, 6.45) is 14.9. The molecule has 6 rings (SSSR count). The molecule has 24 heteroatoms. The number of nitrogens with zero attached hydrogens (tertiary/aromatic N) is 10. The Labute approximate surface area is 397 Å². The molecule has 0 spiro atoms. The number of pyridine rings is 2. The standard InChI is InChI=1S/C18H20N6O2.C14H13ClN6O.C4H8O.CH4.Na.H8P6.H/c1-3-5-10-26-18-22-16(19)15-17(23-18)24(12-21-15)11-13-14(25-9-4-2)7-6-8-20-13;1-2-6-22-10-4-3-5-17-9(10)7-21-8-18-11-12(16)19-14(15)20-13(11)21;1-2-3-4-5;;;1-5(2)6(3)4;/h3-4,6-8,12H,1-2,5,9-11H2,(H2,19,22,23);2-5,8H,1,6-7H2,(H2,16,19,20);2,5H,1,3-4H2;1H4;;1-4H2;/q;;;;+1;;-1. The Morgan fingerprint density at radius 3 is 1.61 bits per heavy atom. The second-order valence-corrected chi connectivity index (χ2v) is 31.5. The van der Waals surface area contributed by atoms with Gasteiger partial charge >= 0.3 is 35.6 Å². The van der Waals surface area contributed by atoms with Gasteiger partial charge in [-0.1, -0.05) is 44.9 Å². The van der Waals surface area contributed by atoms with Gasteiger partial charge < -0.3 is 41.3 Å². The summed E-state index contributed by atoms with van der Waals surface area (Å²) in [4.78, 5) is 33.9. The molecule has 0 saturated heterocycles. The number of aliphatic hydroxyl groups excluding tert-OH is 1. The molecule has 0 aromatic carbocycles. The van der Waals surface area contributed by atoms with Gasteiger partial charge in [-0.05, 0) is 62.7 Å². The quantitative estimate of drug-likeness (QED) is 0.0326. The van der Waals surface area contributed by atoms with Crippen LogP contribution in [-0.4, -0.2) is 80.5 Å². The molecule has 0 aliphatic heterocycles. The Hall–Kier alpha value is -2.81. The van der Waals surface area contributed by atoms with Crippen LogP contribution in [0.1, 0.15) is 33.1 Å². The zero-order valence-electron chi connectivity index (χ0n) is 34.3. The molecule has 0 amide bonds. The van der Waals surface area contributed by atoms with Crippen LogP contribution in [-0.2, 0) is 13.1 Å². The predicted octanol–water partition coefficient (Wildman–Crippen LogP) is 5.77. The van der Waals surface area contributed by atoms with Crippen molar-refractivity contribution in [1.29, 1.82) is 0 Å². The molecule has 5 N–H and O–H groups in total. The van der Waals surface area contributed by atoms with Crippen LogP contribution >= 0.6 is 61.3 Å². The summed E-state index contributed by atoms with van der Waals surface area (Å²) in [6.45, 7) is 17.0. The number of aromatic nitrogens is 10. The maximum atomic E-state index is 8.00. The third-order valence-corrected chi connectivity index (χ3v) is 28.6. The van der Waals surface area contributed by atoms with Gasteiger partial charge in [-0.15, -0.1) is 48.9 Å². The van der Waals surface area contributed by atoms with Gasteiger partial charge in [0.05, 0.1) is 32.4 Å². The van der Waals surface area contributed by atoms with Crippen LogP contribution in [0.5, 0.6) is 17.5 Å². The van der Waals surface area contributed by atoms with Crippen molar-refractivity contribution in [3.63, 3.8) is 0 Å². The van der Waals surface area contributed by atoms with Crippen molar-refractivity contribution in [1.82, 2.24) is 49.0 Å². The number of fused-ring (bicyclic) bond motifs is 2. The Morgan fingerprint density at radius 2 is 1.18 bits per heavy atom. The Balaban J connectivity index is 0.000000938. The molecular formula is C37H54ClN12NaO4P6. The molecule has 4 atom stereocenters. The zero-order valence-corrected chi connectivity index (χ0v) is 42.5. The van der Waals surface area contributed by atoms with Gasteiger partial charge in [-0.3, -0.25) is 9.97 Å². The van der Waals surface area contributed by atoms with Crippen molar-refractivity contribution in [3.05, 3.63) is 117 Å². The van der Waals surface area contributed by atoms with E-state index in [1.165, 1.54) is 0 Å². The normalized spacial score (nSPS) is 10.1. The second-order valence-electron chi connectivity index (χ2n) is 11.4. The van der Waals surface area contributed by atoms with Crippen LogP contribution in [0.3, 0.4) is 0 Å². The molecular weight excluding hydrogens is 921 g/mol. The summed E-state index contributed by atoms with van der Waals surface area (Å²) in [5.74, 6) is 1.88.